The van der Waals surface area contributed by atoms with E-state index in [0.29, 0.717) is 10.5 Å². The van der Waals surface area contributed by atoms with E-state index in [1.54, 1.807) is 37.4 Å². The number of aliphatic hydroxyl groups excluding tert-OH is 1. The van der Waals surface area contributed by atoms with E-state index < -0.39 is 29.1 Å². The van der Waals surface area contributed by atoms with Gasteiger partial charge < -0.3 is 10.0 Å². The summed E-state index contributed by atoms with van der Waals surface area (Å²) in [5.41, 5.74) is 0.139. The van der Waals surface area contributed by atoms with Crippen LogP contribution in [-0.4, -0.2) is 42.0 Å². The van der Waals surface area contributed by atoms with E-state index in [1.807, 2.05) is 0 Å². The van der Waals surface area contributed by atoms with Crippen LogP contribution in [0.25, 0.3) is 5.57 Å². The number of anilines is 1. The number of likely N-dealkylation sites (N-methyl/N-ethyl adjacent to an activating group) is 1. The topological polar surface area (TPSA) is 60.9 Å². The van der Waals surface area contributed by atoms with Crippen LogP contribution in [0.2, 0.25) is 0 Å². The van der Waals surface area contributed by atoms with Gasteiger partial charge in [-0.1, -0.05) is 30.3 Å². The Morgan fingerprint density at radius 2 is 1.73 bits per heavy atom. The van der Waals surface area contributed by atoms with Crippen LogP contribution >= 0.6 is 0 Å². The van der Waals surface area contributed by atoms with Gasteiger partial charge in [0, 0.05) is 19.7 Å². The highest BCUT2D eigenvalue weighted by molar-refractivity contribution is 6.45. The van der Waals surface area contributed by atoms with Crippen molar-refractivity contribution in [1.29, 1.82) is 0 Å². The predicted molar refractivity (Wildman–Crippen MR) is 91.9 cm³/mol. The van der Waals surface area contributed by atoms with Gasteiger partial charge in [-0.25, -0.2) is 13.7 Å². The van der Waals surface area contributed by atoms with Crippen LogP contribution < -0.4 is 4.90 Å². The maximum absolute atomic E-state index is 14.2. The van der Waals surface area contributed by atoms with Gasteiger partial charge in [-0.3, -0.25) is 9.59 Å². The number of halogens is 2. The molecule has 2 amide bonds. The minimum absolute atomic E-state index is 0.0268. The third-order valence-electron chi connectivity index (χ3n) is 4.09. The zero-order valence-corrected chi connectivity index (χ0v) is 13.9. The first kappa shape index (κ1) is 17.8. The van der Waals surface area contributed by atoms with Crippen LogP contribution in [0.15, 0.2) is 54.2 Å². The van der Waals surface area contributed by atoms with Crippen molar-refractivity contribution in [3.63, 3.8) is 0 Å². The van der Waals surface area contributed by atoms with Gasteiger partial charge in [0.15, 0.2) is 0 Å². The van der Waals surface area contributed by atoms with E-state index >= 15 is 0 Å². The van der Waals surface area contributed by atoms with E-state index in [9.17, 15) is 23.5 Å². The largest absolute Gasteiger partial charge is 0.395 e. The summed E-state index contributed by atoms with van der Waals surface area (Å²) in [6.45, 7) is -0.137. The summed E-state index contributed by atoms with van der Waals surface area (Å²) in [5, 5.41) is 9.19. The number of hydrogen-bond donors (Lipinski definition) is 1. The third-order valence-corrected chi connectivity index (χ3v) is 4.09. The van der Waals surface area contributed by atoms with Gasteiger partial charge in [-0.2, -0.15) is 0 Å². The smallest absolute Gasteiger partial charge is 0.282 e. The van der Waals surface area contributed by atoms with E-state index in [4.69, 9.17) is 0 Å². The van der Waals surface area contributed by atoms with Crippen molar-refractivity contribution in [2.75, 3.05) is 25.1 Å². The molecule has 0 bridgehead atoms. The van der Waals surface area contributed by atoms with Gasteiger partial charge in [-0.05, 0) is 17.7 Å². The second-order valence-electron chi connectivity index (χ2n) is 5.78. The summed E-state index contributed by atoms with van der Waals surface area (Å²) < 4.78 is 27.8. The van der Waals surface area contributed by atoms with Gasteiger partial charge >= 0.3 is 0 Å². The van der Waals surface area contributed by atoms with Gasteiger partial charge in [0.25, 0.3) is 11.8 Å². The summed E-state index contributed by atoms with van der Waals surface area (Å²) >= 11 is 0. The van der Waals surface area contributed by atoms with Crippen LogP contribution in [-0.2, 0) is 9.59 Å². The van der Waals surface area contributed by atoms with Crippen molar-refractivity contribution in [2.45, 2.75) is 0 Å². The standard InChI is InChI=1S/C19H16F2N2O3/c1-22(9-10-24)17-16(12-5-3-2-4-6-12)18(25)23(19(17)26)15-11-13(20)7-8-14(15)21/h2-8,11,24H,9-10H2,1H3. The average molecular weight is 358 g/mol. The number of carbonyl (C=O) groups is 2. The van der Waals surface area contributed by atoms with Crippen LogP contribution in [0.4, 0.5) is 14.5 Å². The monoisotopic (exact) mass is 358 g/mol. The van der Waals surface area contributed by atoms with Crippen molar-refractivity contribution < 1.29 is 23.5 Å². The first-order chi connectivity index (χ1) is 12.5. The van der Waals surface area contributed by atoms with Crippen molar-refractivity contribution in [3.05, 3.63) is 71.4 Å². The van der Waals surface area contributed by atoms with Crippen molar-refractivity contribution in [2.24, 2.45) is 0 Å². The average Bonchev–Trinajstić information content (AvgIpc) is 2.89. The highest BCUT2D eigenvalue weighted by Crippen LogP contribution is 2.35. The second kappa shape index (κ2) is 7.05. The third kappa shape index (κ3) is 2.97. The Kier molecular flexibility index (Phi) is 4.81. The molecule has 7 heteroatoms. The minimum Gasteiger partial charge on any atom is -0.395 e. The summed E-state index contributed by atoms with van der Waals surface area (Å²) in [6, 6.07) is 11.0. The Morgan fingerprint density at radius 1 is 1.04 bits per heavy atom. The lowest BCUT2D eigenvalue weighted by atomic mass is 10.0. The molecule has 0 atom stereocenters. The van der Waals surface area contributed by atoms with E-state index in [-0.39, 0.29) is 24.4 Å². The van der Waals surface area contributed by atoms with Crippen molar-refractivity contribution >= 4 is 23.1 Å². The molecule has 0 aliphatic carbocycles. The Hall–Kier alpha value is -3.06. The molecule has 0 fully saturated rings. The highest BCUT2D eigenvalue weighted by Gasteiger charge is 2.42. The lowest BCUT2D eigenvalue weighted by Crippen LogP contribution is -2.35. The molecule has 1 aliphatic rings. The molecule has 134 valence electrons. The molecule has 26 heavy (non-hydrogen) atoms. The van der Waals surface area contributed by atoms with Gasteiger partial charge in [0.05, 0.1) is 17.9 Å². The number of carbonyl (C=O) groups excluding carboxylic acids is 2. The molecule has 1 heterocycles. The lowest BCUT2D eigenvalue weighted by molar-refractivity contribution is -0.120. The van der Waals surface area contributed by atoms with E-state index in [2.05, 4.69) is 0 Å². The fourth-order valence-electron chi connectivity index (χ4n) is 2.88. The molecule has 0 unspecified atom stereocenters. The SMILES string of the molecule is CN(CCO)C1=C(c2ccccc2)C(=O)N(c2cc(F)ccc2F)C1=O. The minimum atomic E-state index is -0.883. The molecule has 5 nitrogen and oxygen atoms in total. The summed E-state index contributed by atoms with van der Waals surface area (Å²) in [6.07, 6.45) is 0. The summed E-state index contributed by atoms with van der Waals surface area (Å²) in [4.78, 5) is 27.9. The number of benzene rings is 2. The number of imide groups is 1. The lowest BCUT2D eigenvalue weighted by Gasteiger charge is -2.20. The highest BCUT2D eigenvalue weighted by atomic mass is 19.1. The van der Waals surface area contributed by atoms with E-state index in [1.165, 1.54) is 4.90 Å². The Bertz CT molecular complexity index is 897. The number of aliphatic hydroxyl groups is 1. The quantitative estimate of drug-likeness (QED) is 0.833. The van der Waals surface area contributed by atoms with Gasteiger partial charge in [0.2, 0.25) is 0 Å². The van der Waals surface area contributed by atoms with Crippen LogP contribution in [0, 0.1) is 11.6 Å². The van der Waals surface area contributed by atoms with Gasteiger partial charge in [-0.15, -0.1) is 0 Å². The Morgan fingerprint density at radius 3 is 2.38 bits per heavy atom. The molecule has 0 saturated heterocycles. The van der Waals surface area contributed by atoms with Crippen LogP contribution in [0.3, 0.4) is 0 Å². The molecular formula is C19H16F2N2O3. The maximum Gasteiger partial charge on any atom is 0.282 e. The molecular weight excluding hydrogens is 342 g/mol. The number of amides is 2. The van der Waals surface area contributed by atoms with Gasteiger partial charge in [0.1, 0.15) is 17.3 Å². The van der Waals surface area contributed by atoms with Crippen LogP contribution in [0.5, 0.6) is 0 Å². The first-order valence-corrected chi connectivity index (χ1v) is 7.91. The molecule has 3 rings (SSSR count). The molecule has 0 radical (unpaired) electrons. The fourth-order valence-corrected chi connectivity index (χ4v) is 2.88. The Labute approximate surface area is 148 Å². The summed E-state index contributed by atoms with van der Waals surface area (Å²) in [5.74, 6) is -3.16. The maximum atomic E-state index is 14.2. The normalized spacial score (nSPS) is 14.4. The summed E-state index contributed by atoms with van der Waals surface area (Å²) in [7, 11) is 1.55. The fraction of sp³-hybridized carbons (Fsp3) is 0.158. The van der Waals surface area contributed by atoms with Crippen molar-refractivity contribution in [1.82, 2.24) is 4.90 Å². The molecule has 0 saturated carbocycles. The molecule has 2 aromatic carbocycles. The number of rotatable bonds is 5. The molecule has 0 spiro atoms. The predicted octanol–water partition coefficient (Wildman–Crippen LogP) is 2.17. The first-order valence-electron chi connectivity index (χ1n) is 7.91. The van der Waals surface area contributed by atoms with Crippen LogP contribution in [0.1, 0.15) is 5.56 Å². The zero-order chi connectivity index (χ0) is 18.8. The Balaban J connectivity index is 2.16. The number of hydrogen-bond acceptors (Lipinski definition) is 4. The molecule has 1 aliphatic heterocycles. The molecule has 1 N–H and O–H groups in total. The zero-order valence-electron chi connectivity index (χ0n) is 13.9. The number of nitrogens with zero attached hydrogens (tertiary/aromatic N) is 2. The molecule has 2 aromatic rings. The molecule has 0 aromatic heterocycles. The van der Waals surface area contributed by atoms with E-state index in [0.717, 1.165) is 18.2 Å². The van der Waals surface area contributed by atoms with Crippen molar-refractivity contribution in [3.8, 4) is 0 Å². The second-order valence-corrected chi connectivity index (χ2v) is 5.78.